The maximum atomic E-state index is 13.2. The normalized spacial score (nSPS) is 11.5. The zero-order valence-corrected chi connectivity index (χ0v) is 18.6. The average Bonchev–Trinajstić information content (AvgIpc) is 2.72. The van der Waals surface area contributed by atoms with Crippen molar-refractivity contribution in [2.24, 2.45) is 0 Å². The second kappa shape index (κ2) is 9.81. The summed E-state index contributed by atoms with van der Waals surface area (Å²) in [6.07, 6.45) is 0. The van der Waals surface area contributed by atoms with Gasteiger partial charge in [0, 0.05) is 16.6 Å². The Morgan fingerprint density at radius 3 is 2.17 bits per heavy atom. The Kier molecular flexibility index (Phi) is 7.39. The highest BCUT2D eigenvalue weighted by atomic mass is 35.5. The predicted molar refractivity (Wildman–Crippen MR) is 121 cm³/mol. The molecule has 0 bridgehead atoms. The second-order valence-electron chi connectivity index (χ2n) is 6.38. The first kappa shape index (κ1) is 22.6. The molecule has 0 aliphatic heterocycles. The van der Waals surface area contributed by atoms with Gasteiger partial charge in [0.1, 0.15) is 0 Å². The third-order valence-corrected chi connectivity index (χ3v) is 6.80. The van der Waals surface area contributed by atoms with E-state index in [9.17, 15) is 13.2 Å². The summed E-state index contributed by atoms with van der Waals surface area (Å²) in [6.45, 7) is -0.423. The van der Waals surface area contributed by atoms with Gasteiger partial charge in [0.2, 0.25) is 15.9 Å². The number of nitrogens with zero attached hydrogens (tertiary/aromatic N) is 1. The zero-order valence-electron chi connectivity index (χ0n) is 15.6. The van der Waals surface area contributed by atoms with Crippen molar-refractivity contribution in [3.05, 3.63) is 93.4 Å². The number of rotatable bonds is 7. The molecule has 1 N–H and O–H groups in total. The summed E-state index contributed by atoms with van der Waals surface area (Å²) in [5.74, 6) is -0.548. The van der Waals surface area contributed by atoms with Crippen LogP contribution in [0.5, 0.6) is 0 Å². The van der Waals surface area contributed by atoms with Crippen LogP contribution < -0.4 is 5.32 Å². The molecule has 30 heavy (non-hydrogen) atoms. The van der Waals surface area contributed by atoms with Crippen molar-refractivity contribution in [3.63, 3.8) is 0 Å². The molecule has 0 saturated carbocycles. The van der Waals surface area contributed by atoms with Crippen LogP contribution >= 0.6 is 34.8 Å². The minimum absolute atomic E-state index is 0.00883. The lowest BCUT2D eigenvalue weighted by Crippen LogP contribution is -2.37. The van der Waals surface area contributed by atoms with E-state index in [1.165, 1.54) is 18.2 Å². The highest BCUT2D eigenvalue weighted by molar-refractivity contribution is 7.89. The lowest BCUT2D eigenvalue weighted by atomic mass is 10.2. The van der Waals surface area contributed by atoms with Crippen LogP contribution in [-0.4, -0.2) is 25.2 Å². The number of benzene rings is 3. The first-order chi connectivity index (χ1) is 14.3. The minimum atomic E-state index is -3.93. The summed E-state index contributed by atoms with van der Waals surface area (Å²) >= 11 is 18.0. The van der Waals surface area contributed by atoms with Gasteiger partial charge in [0.15, 0.2) is 0 Å². The van der Waals surface area contributed by atoms with Crippen molar-refractivity contribution >= 4 is 56.4 Å². The van der Waals surface area contributed by atoms with E-state index in [-0.39, 0.29) is 11.4 Å². The maximum Gasteiger partial charge on any atom is 0.243 e. The van der Waals surface area contributed by atoms with E-state index in [2.05, 4.69) is 5.32 Å². The van der Waals surface area contributed by atoms with Crippen molar-refractivity contribution < 1.29 is 13.2 Å². The molecule has 156 valence electrons. The summed E-state index contributed by atoms with van der Waals surface area (Å²) in [4.78, 5) is 12.8. The van der Waals surface area contributed by atoms with Crippen LogP contribution in [0.4, 0.5) is 5.69 Å². The number of sulfonamides is 1. The van der Waals surface area contributed by atoms with E-state index < -0.39 is 22.5 Å². The van der Waals surface area contributed by atoms with Gasteiger partial charge < -0.3 is 5.32 Å². The fourth-order valence-corrected chi connectivity index (χ4v) is 4.57. The van der Waals surface area contributed by atoms with Crippen molar-refractivity contribution in [2.45, 2.75) is 11.4 Å². The minimum Gasteiger partial charge on any atom is -0.324 e. The van der Waals surface area contributed by atoms with Crippen LogP contribution in [0.25, 0.3) is 0 Å². The molecule has 0 unspecified atom stereocenters. The van der Waals surface area contributed by atoms with E-state index in [0.717, 1.165) is 4.31 Å². The Hall–Kier alpha value is -2.09. The molecule has 0 radical (unpaired) electrons. The van der Waals surface area contributed by atoms with Gasteiger partial charge in [-0.2, -0.15) is 4.31 Å². The van der Waals surface area contributed by atoms with Gasteiger partial charge in [-0.3, -0.25) is 4.79 Å². The fourth-order valence-electron chi connectivity index (χ4n) is 2.70. The van der Waals surface area contributed by atoms with Crippen LogP contribution in [0.3, 0.4) is 0 Å². The molecule has 0 saturated heterocycles. The number of nitrogens with one attached hydrogen (secondary N) is 1. The number of hydrogen-bond acceptors (Lipinski definition) is 3. The third kappa shape index (κ3) is 5.74. The van der Waals surface area contributed by atoms with Gasteiger partial charge in [-0.05, 0) is 48.0 Å². The smallest absolute Gasteiger partial charge is 0.243 e. The molecule has 3 rings (SSSR count). The van der Waals surface area contributed by atoms with Crippen LogP contribution in [-0.2, 0) is 21.4 Å². The van der Waals surface area contributed by atoms with Crippen molar-refractivity contribution in [3.8, 4) is 0 Å². The Morgan fingerprint density at radius 2 is 1.50 bits per heavy atom. The van der Waals surface area contributed by atoms with Crippen LogP contribution in [0.15, 0.2) is 77.7 Å². The van der Waals surface area contributed by atoms with Crippen LogP contribution in [0.1, 0.15) is 5.56 Å². The topological polar surface area (TPSA) is 66.5 Å². The standard InChI is InChI=1S/C21H17Cl3N2O3S/c22-16-8-6-15(7-9-16)13-26(30(28,29)18-4-2-1-3-5-18)14-21(27)25-20-12-17(23)10-11-19(20)24/h1-12H,13-14H2,(H,25,27). The van der Waals surface area contributed by atoms with E-state index in [1.807, 2.05) is 0 Å². The first-order valence-corrected chi connectivity index (χ1v) is 11.4. The van der Waals surface area contributed by atoms with Crippen molar-refractivity contribution in [1.29, 1.82) is 0 Å². The molecule has 0 spiro atoms. The highest BCUT2D eigenvalue weighted by Gasteiger charge is 2.27. The molecule has 5 nitrogen and oxygen atoms in total. The van der Waals surface area contributed by atoms with Gasteiger partial charge in [-0.1, -0.05) is 65.1 Å². The van der Waals surface area contributed by atoms with Crippen molar-refractivity contribution in [2.75, 3.05) is 11.9 Å². The van der Waals surface area contributed by atoms with Gasteiger partial charge >= 0.3 is 0 Å². The average molecular weight is 484 g/mol. The van der Waals surface area contributed by atoms with Gasteiger partial charge in [0.25, 0.3) is 0 Å². The highest BCUT2D eigenvalue weighted by Crippen LogP contribution is 2.26. The predicted octanol–water partition coefficient (Wildman–Crippen LogP) is 5.48. The summed E-state index contributed by atoms with van der Waals surface area (Å²) in [5.41, 5.74) is 0.991. The van der Waals surface area contributed by atoms with E-state index >= 15 is 0 Å². The van der Waals surface area contributed by atoms with Crippen LogP contribution in [0, 0.1) is 0 Å². The lowest BCUT2D eigenvalue weighted by molar-refractivity contribution is -0.116. The molecule has 0 aromatic heterocycles. The molecule has 3 aromatic rings. The van der Waals surface area contributed by atoms with Gasteiger partial charge in [-0.15, -0.1) is 0 Å². The van der Waals surface area contributed by atoms with Crippen LogP contribution in [0.2, 0.25) is 15.1 Å². The molecule has 0 fully saturated rings. The molecule has 0 aliphatic carbocycles. The Morgan fingerprint density at radius 1 is 0.867 bits per heavy atom. The lowest BCUT2D eigenvalue weighted by Gasteiger charge is -2.22. The monoisotopic (exact) mass is 482 g/mol. The maximum absolute atomic E-state index is 13.2. The molecular weight excluding hydrogens is 467 g/mol. The number of anilines is 1. The Bertz CT molecular complexity index is 1140. The Labute approximate surface area is 190 Å². The van der Waals surface area contributed by atoms with E-state index in [4.69, 9.17) is 34.8 Å². The molecule has 0 heterocycles. The Balaban J connectivity index is 1.87. The number of carbonyl (C=O) groups is 1. The van der Waals surface area contributed by atoms with Crippen molar-refractivity contribution in [1.82, 2.24) is 4.31 Å². The third-order valence-electron chi connectivity index (χ3n) is 4.18. The second-order valence-corrected chi connectivity index (χ2v) is 9.60. The summed E-state index contributed by atoms with van der Waals surface area (Å²) < 4.78 is 27.5. The molecule has 3 aromatic carbocycles. The largest absolute Gasteiger partial charge is 0.324 e. The number of halogens is 3. The SMILES string of the molecule is O=C(CN(Cc1ccc(Cl)cc1)S(=O)(=O)c1ccccc1)Nc1cc(Cl)ccc1Cl. The molecule has 1 amide bonds. The number of amides is 1. The molecule has 9 heteroatoms. The van der Waals surface area contributed by atoms with E-state index in [1.54, 1.807) is 54.6 Å². The number of hydrogen-bond donors (Lipinski definition) is 1. The van der Waals surface area contributed by atoms with E-state index in [0.29, 0.717) is 26.3 Å². The van der Waals surface area contributed by atoms with Gasteiger partial charge in [-0.25, -0.2) is 8.42 Å². The summed E-state index contributed by atoms with van der Waals surface area (Å²) in [7, 11) is -3.93. The fraction of sp³-hybridized carbons (Fsp3) is 0.0952. The quantitative estimate of drug-likeness (QED) is 0.484. The first-order valence-electron chi connectivity index (χ1n) is 8.80. The molecular formula is C21H17Cl3N2O3S. The molecule has 0 aliphatic rings. The zero-order chi connectivity index (χ0) is 21.7. The molecule has 0 atom stereocenters. The summed E-state index contributed by atoms with van der Waals surface area (Å²) in [6, 6.07) is 19.3. The summed E-state index contributed by atoms with van der Waals surface area (Å²) in [5, 5.41) is 3.84. The number of carbonyl (C=O) groups excluding carboxylic acids is 1. The van der Waals surface area contributed by atoms with Gasteiger partial charge in [0.05, 0.1) is 22.2 Å².